The van der Waals surface area contributed by atoms with Crippen LogP contribution in [-0.2, 0) is 0 Å². The number of amides is 1. The number of nitrogen functional groups attached to an aromatic ring is 1. The minimum Gasteiger partial charge on any atom is -0.381 e. The lowest BCUT2D eigenvalue weighted by atomic mass is 10.2. The lowest BCUT2D eigenvalue weighted by molar-refractivity contribution is 0.102. The smallest absolute Gasteiger partial charge is 0.258 e. The second kappa shape index (κ2) is 4.56. The SMILES string of the molecule is Nc1nccc(C(=O)Nc2cccnc2)c1F. The molecule has 17 heavy (non-hydrogen) atoms. The number of nitrogens with two attached hydrogens (primary N) is 1. The highest BCUT2D eigenvalue weighted by Crippen LogP contribution is 2.13. The molecule has 2 aromatic heterocycles. The van der Waals surface area contributed by atoms with Gasteiger partial charge in [0, 0.05) is 12.4 Å². The molecule has 5 nitrogen and oxygen atoms in total. The topological polar surface area (TPSA) is 80.9 Å². The molecule has 2 heterocycles. The Morgan fingerprint density at radius 2 is 2.18 bits per heavy atom. The molecule has 0 spiro atoms. The monoisotopic (exact) mass is 232 g/mol. The zero-order valence-electron chi connectivity index (χ0n) is 8.72. The molecule has 0 aliphatic rings. The molecule has 86 valence electrons. The first-order valence-corrected chi connectivity index (χ1v) is 4.80. The molecule has 2 aromatic rings. The standard InChI is InChI=1S/C11H9FN4O/c12-9-8(3-5-15-10(9)13)11(17)16-7-2-1-4-14-6-7/h1-6H,(H2,13,15)(H,16,17). The van der Waals surface area contributed by atoms with Crippen LogP contribution in [0.2, 0.25) is 0 Å². The van der Waals surface area contributed by atoms with Gasteiger partial charge in [-0.2, -0.15) is 0 Å². The van der Waals surface area contributed by atoms with Crippen LogP contribution < -0.4 is 11.1 Å². The first kappa shape index (κ1) is 11.0. The Morgan fingerprint density at radius 1 is 1.35 bits per heavy atom. The minimum absolute atomic E-state index is 0.152. The summed E-state index contributed by atoms with van der Waals surface area (Å²) >= 11 is 0. The van der Waals surface area contributed by atoms with Crippen molar-refractivity contribution in [1.29, 1.82) is 0 Å². The van der Waals surface area contributed by atoms with E-state index in [4.69, 9.17) is 5.73 Å². The second-order valence-electron chi connectivity index (χ2n) is 3.25. The van der Waals surface area contributed by atoms with E-state index < -0.39 is 11.7 Å². The van der Waals surface area contributed by atoms with E-state index in [2.05, 4.69) is 15.3 Å². The van der Waals surface area contributed by atoms with Crippen LogP contribution >= 0.6 is 0 Å². The van der Waals surface area contributed by atoms with Gasteiger partial charge in [-0.05, 0) is 18.2 Å². The third kappa shape index (κ3) is 2.36. The van der Waals surface area contributed by atoms with Crippen molar-refractivity contribution in [3.05, 3.63) is 48.2 Å². The highest BCUT2D eigenvalue weighted by molar-refractivity contribution is 6.04. The Kier molecular flexibility index (Phi) is 2.95. The van der Waals surface area contributed by atoms with Gasteiger partial charge in [0.2, 0.25) is 0 Å². The van der Waals surface area contributed by atoms with E-state index in [1.807, 2.05) is 0 Å². The van der Waals surface area contributed by atoms with Crippen LogP contribution in [0.1, 0.15) is 10.4 Å². The predicted molar refractivity (Wildman–Crippen MR) is 60.8 cm³/mol. The van der Waals surface area contributed by atoms with Crippen LogP contribution in [0, 0.1) is 5.82 Å². The molecule has 0 aliphatic carbocycles. The summed E-state index contributed by atoms with van der Waals surface area (Å²) in [5.41, 5.74) is 5.60. The van der Waals surface area contributed by atoms with Crippen molar-refractivity contribution in [2.75, 3.05) is 11.1 Å². The van der Waals surface area contributed by atoms with E-state index in [0.717, 1.165) is 0 Å². The van der Waals surface area contributed by atoms with Gasteiger partial charge in [-0.25, -0.2) is 9.37 Å². The van der Waals surface area contributed by atoms with E-state index >= 15 is 0 Å². The number of nitrogens with zero attached hydrogens (tertiary/aromatic N) is 2. The van der Waals surface area contributed by atoms with Gasteiger partial charge in [-0.1, -0.05) is 0 Å². The molecule has 0 atom stereocenters. The number of hydrogen-bond donors (Lipinski definition) is 2. The van der Waals surface area contributed by atoms with Crippen molar-refractivity contribution in [2.45, 2.75) is 0 Å². The van der Waals surface area contributed by atoms with Crippen LogP contribution in [0.4, 0.5) is 15.9 Å². The first-order chi connectivity index (χ1) is 8.18. The number of anilines is 2. The summed E-state index contributed by atoms with van der Waals surface area (Å²) in [4.78, 5) is 19.1. The Bertz CT molecular complexity index is 544. The molecule has 0 saturated heterocycles. The van der Waals surface area contributed by atoms with Gasteiger partial charge in [0.15, 0.2) is 11.6 Å². The lowest BCUT2D eigenvalue weighted by Crippen LogP contribution is -2.15. The zero-order chi connectivity index (χ0) is 12.3. The Labute approximate surface area is 96.5 Å². The van der Waals surface area contributed by atoms with Crippen LogP contribution in [0.15, 0.2) is 36.8 Å². The average molecular weight is 232 g/mol. The quantitative estimate of drug-likeness (QED) is 0.821. The molecule has 0 saturated carbocycles. The fraction of sp³-hybridized carbons (Fsp3) is 0. The van der Waals surface area contributed by atoms with Gasteiger partial charge in [0.25, 0.3) is 5.91 Å². The maximum Gasteiger partial charge on any atom is 0.258 e. The van der Waals surface area contributed by atoms with Crippen molar-refractivity contribution in [3.8, 4) is 0 Å². The van der Waals surface area contributed by atoms with Gasteiger partial charge in [0.05, 0.1) is 17.4 Å². The Hall–Kier alpha value is -2.50. The summed E-state index contributed by atoms with van der Waals surface area (Å²) < 4.78 is 13.5. The van der Waals surface area contributed by atoms with Crippen LogP contribution in [0.3, 0.4) is 0 Å². The van der Waals surface area contributed by atoms with E-state index in [1.54, 1.807) is 18.3 Å². The predicted octanol–water partition coefficient (Wildman–Crippen LogP) is 1.45. The number of aromatic nitrogens is 2. The number of nitrogens with one attached hydrogen (secondary N) is 1. The highest BCUT2D eigenvalue weighted by atomic mass is 19.1. The second-order valence-corrected chi connectivity index (χ2v) is 3.25. The van der Waals surface area contributed by atoms with Gasteiger partial charge in [-0.3, -0.25) is 9.78 Å². The van der Waals surface area contributed by atoms with Gasteiger partial charge < -0.3 is 11.1 Å². The van der Waals surface area contributed by atoms with Gasteiger partial charge in [-0.15, -0.1) is 0 Å². The maximum absolute atomic E-state index is 13.5. The van der Waals surface area contributed by atoms with Crippen molar-refractivity contribution in [1.82, 2.24) is 9.97 Å². The van der Waals surface area contributed by atoms with Crippen LogP contribution in [0.5, 0.6) is 0 Å². The van der Waals surface area contributed by atoms with Gasteiger partial charge >= 0.3 is 0 Å². The maximum atomic E-state index is 13.5. The molecule has 3 N–H and O–H groups in total. The molecule has 0 aliphatic heterocycles. The summed E-state index contributed by atoms with van der Waals surface area (Å²) in [7, 11) is 0. The molecule has 6 heteroatoms. The Balaban J connectivity index is 2.24. The molecule has 0 bridgehead atoms. The summed E-state index contributed by atoms with van der Waals surface area (Å²) in [6.45, 7) is 0. The number of carbonyl (C=O) groups excluding carboxylic acids is 1. The summed E-state index contributed by atoms with van der Waals surface area (Å²) in [5, 5.41) is 2.50. The molecule has 0 aromatic carbocycles. The lowest BCUT2D eigenvalue weighted by Gasteiger charge is -2.06. The van der Waals surface area contributed by atoms with Crippen molar-refractivity contribution in [2.24, 2.45) is 0 Å². The molecule has 0 fully saturated rings. The molecular formula is C11H9FN4O. The average Bonchev–Trinajstić information content (AvgIpc) is 2.34. The third-order valence-electron chi connectivity index (χ3n) is 2.08. The summed E-state index contributed by atoms with van der Waals surface area (Å²) in [6.07, 6.45) is 4.30. The summed E-state index contributed by atoms with van der Waals surface area (Å²) in [6, 6.07) is 4.57. The van der Waals surface area contributed by atoms with Crippen molar-refractivity contribution < 1.29 is 9.18 Å². The molecule has 0 radical (unpaired) electrons. The number of hydrogen-bond acceptors (Lipinski definition) is 4. The fourth-order valence-electron chi connectivity index (χ4n) is 1.27. The molecule has 1 amide bonds. The van der Waals surface area contributed by atoms with Crippen LogP contribution in [-0.4, -0.2) is 15.9 Å². The largest absolute Gasteiger partial charge is 0.381 e. The zero-order valence-corrected chi connectivity index (χ0v) is 8.72. The summed E-state index contributed by atoms with van der Waals surface area (Å²) in [5.74, 6) is -1.72. The fourth-order valence-corrected chi connectivity index (χ4v) is 1.27. The first-order valence-electron chi connectivity index (χ1n) is 4.80. The van der Waals surface area contributed by atoms with E-state index in [0.29, 0.717) is 5.69 Å². The number of carbonyl (C=O) groups is 1. The highest BCUT2D eigenvalue weighted by Gasteiger charge is 2.14. The van der Waals surface area contributed by atoms with Crippen molar-refractivity contribution >= 4 is 17.4 Å². The molecule has 0 unspecified atom stereocenters. The number of pyridine rings is 2. The Morgan fingerprint density at radius 3 is 2.88 bits per heavy atom. The van der Waals surface area contributed by atoms with E-state index in [1.165, 1.54) is 18.5 Å². The number of halogens is 1. The van der Waals surface area contributed by atoms with Gasteiger partial charge in [0.1, 0.15) is 0 Å². The number of rotatable bonds is 2. The molecule has 2 rings (SSSR count). The molecular weight excluding hydrogens is 223 g/mol. The van der Waals surface area contributed by atoms with E-state index in [9.17, 15) is 9.18 Å². The third-order valence-corrected chi connectivity index (χ3v) is 2.08. The van der Waals surface area contributed by atoms with Crippen LogP contribution in [0.25, 0.3) is 0 Å². The van der Waals surface area contributed by atoms with E-state index in [-0.39, 0.29) is 11.4 Å². The van der Waals surface area contributed by atoms with Crippen molar-refractivity contribution in [3.63, 3.8) is 0 Å². The minimum atomic E-state index is -0.825. The normalized spacial score (nSPS) is 9.94.